The summed E-state index contributed by atoms with van der Waals surface area (Å²) in [5.41, 5.74) is 1.69. The SMILES string of the molecule is CCC1(CNCc2ccncn2)CC1. The number of rotatable bonds is 5. The van der Waals surface area contributed by atoms with Crippen molar-refractivity contribution in [3.8, 4) is 0 Å². The Morgan fingerprint density at radius 2 is 2.36 bits per heavy atom. The van der Waals surface area contributed by atoms with E-state index in [2.05, 4.69) is 22.2 Å². The van der Waals surface area contributed by atoms with Crippen molar-refractivity contribution < 1.29 is 0 Å². The van der Waals surface area contributed by atoms with Crippen LogP contribution in [0.15, 0.2) is 18.6 Å². The summed E-state index contributed by atoms with van der Waals surface area (Å²) >= 11 is 0. The predicted octanol–water partition coefficient (Wildman–Crippen LogP) is 1.76. The van der Waals surface area contributed by atoms with Crippen LogP contribution < -0.4 is 5.32 Å². The molecule has 0 aliphatic heterocycles. The highest BCUT2D eigenvalue weighted by Crippen LogP contribution is 2.47. The summed E-state index contributed by atoms with van der Waals surface area (Å²) in [7, 11) is 0. The Hall–Kier alpha value is -0.960. The molecule has 0 unspecified atom stereocenters. The van der Waals surface area contributed by atoms with Crippen molar-refractivity contribution in [3.05, 3.63) is 24.3 Å². The van der Waals surface area contributed by atoms with Crippen LogP contribution in [0.5, 0.6) is 0 Å². The highest BCUT2D eigenvalue weighted by Gasteiger charge is 2.39. The van der Waals surface area contributed by atoms with Crippen molar-refractivity contribution in [1.82, 2.24) is 15.3 Å². The first-order valence-corrected chi connectivity index (χ1v) is 5.30. The number of hydrogen-bond acceptors (Lipinski definition) is 3. The van der Waals surface area contributed by atoms with Crippen molar-refractivity contribution in [2.45, 2.75) is 32.7 Å². The normalized spacial score (nSPS) is 18.1. The van der Waals surface area contributed by atoms with Crippen LogP contribution in [0.25, 0.3) is 0 Å². The molecule has 1 N–H and O–H groups in total. The van der Waals surface area contributed by atoms with Crippen molar-refractivity contribution >= 4 is 0 Å². The van der Waals surface area contributed by atoms with Crippen LogP contribution in [-0.2, 0) is 6.54 Å². The largest absolute Gasteiger partial charge is 0.311 e. The predicted molar refractivity (Wildman–Crippen MR) is 55.7 cm³/mol. The fourth-order valence-electron chi connectivity index (χ4n) is 1.71. The van der Waals surface area contributed by atoms with Gasteiger partial charge in [-0.2, -0.15) is 0 Å². The smallest absolute Gasteiger partial charge is 0.115 e. The maximum absolute atomic E-state index is 4.17. The van der Waals surface area contributed by atoms with Gasteiger partial charge in [-0.15, -0.1) is 0 Å². The van der Waals surface area contributed by atoms with E-state index in [4.69, 9.17) is 0 Å². The Bertz CT molecular complexity index is 280. The third-order valence-corrected chi connectivity index (χ3v) is 3.16. The molecule has 3 nitrogen and oxygen atoms in total. The molecule has 2 rings (SSSR count). The van der Waals surface area contributed by atoms with Crippen molar-refractivity contribution in [2.75, 3.05) is 6.54 Å². The topological polar surface area (TPSA) is 37.8 Å². The van der Waals surface area contributed by atoms with Crippen LogP contribution in [0.1, 0.15) is 31.9 Å². The number of hydrogen-bond donors (Lipinski definition) is 1. The molecule has 14 heavy (non-hydrogen) atoms. The average Bonchev–Trinajstić information content (AvgIpc) is 3.00. The van der Waals surface area contributed by atoms with Gasteiger partial charge >= 0.3 is 0 Å². The van der Waals surface area contributed by atoms with Crippen LogP contribution in [0.2, 0.25) is 0 Å². The van der Waals surface area contributed by atoms with E-state index in [1.54, 1.807) is 12.5 Å². The Labute approximate surface area is 85.0 Å². The molecule has 1 aromatic rings. The number of aromatic nitrogens is 2. The van der Waals surface area contributed by atoms with Gasteiger partial charge in [0.2, 0.25) is 0 Å². The molecule has 3 heteroatoms. The van der Waals surface area contributed by atoms with E-state index >= 15 is 0 Å². The quantitative estimate of drug-likeness (QED) is 0.770. The number of nitrogens with zero attached hydrogens (tertiary/aromatic N) is 2. The van der Waals surface area contributed by atoms with Gasteiger partial charge < -0.3 is 5.32 Å². The average molecular weight is 191 g/mol. The molecule has 1 heterocycles. The molecule has 1 aromatic heterocycles. The lowest BCUT2D eigenvalue weighted by atomic mass is 10.0. The molecular weight excluding hydrogens is 174 g/mol. The van der Waals surface area contributed by atoms with Gasteiger partial charge in [-0.3, -0.25) is 0 Å². The lowest BCUT2D eigenvalue weighted by Gasteiger charge is -2.12. The van der Waals surface area contributed by atoms with E-state index in [9.17, 15) is 0 Å². The molecule has 0 saturated heterocycles. The third-order valence-electron chi connectivity index (χ3n) is 3.16. The highest BCUT2D eigenvalue weighted by molar-refractivity contribution is 4.99. The first kappa shape index (κ1) is 9.59. The number of nitrogens with one attached hydrogen (secondary N) is 1. The standard InChI is InChI=1S/C11H17N3/c1-2-11(4-5-11)8-13-7-10-3-6-12-9-14-10/h3,6,9,13H,2,4-5,7-8H2,1H3. The molecule has 0 amide bonds. The monoisotopic (exact) mass is 191 g/mol. The van der Waals surface area contributed by atoms with Crippen LogP contribution in [0, 0.1) is 5.41 Å². The summed E-state index contributed by atoms with van der Waals surface area (Å²) < 4.78 is 0. The molecular formula is C11H17N3. The minimum atomic E-state index is 0.618. The zero-order chi connectivity index (χ0) is 9.86. The fourth-order valence-corrected chi connectivity index (χ4v) is 1.71. The van der Waals surface area contributed by atoms with E-state index in [0.717, 1.165) is 18.8 Å². The summed E-state index contributed by atoms with van der Waals surface area (Å²) in [6.45, 7) is 4.27. The molecule has 1 saturated carbocycles. The first-order valence-electron chi connectivity index (χ1n) is 5.30. The van der Waals surface area contributed by atoms with Gasteiger partial charge in [-0.1, -0.05) is 6.92 Å². The Morgan fingerprint density at radius 3 is 2.93 bits per heavy atom. The lowest BCUT2D eigenvalue weighted by molar-refractivity contribution is 0.442. The van der Waals surface area contributed by atoms with Gasteiger partial charge in [0.05, 0.1) is 5.69 Å². The minimum absolute atomic E-state index is 0.618. The summed E-state index contributed by atoms with van der Waals surface area (Å²) in [4.78, 5) is 8.06. The highest BCUT2D eigenvalue weighted by atomic mass is 14.9. The van der Waals surface area contributed by atoms with E-state index < -0.39 is 0 Å². The van der Waals surface area contributed by atoms with Gasteiger partial charge in [0.15, 0.2) is 0 Å². The van der Waals surface area contributed by atoms with Gasteiger partial charge in [0, 0.05) is 19.3 Å². The first-order chi connectivity index (χ1) is 6.85. The fraction of sp³-hybridized carbons (Fsp3) is 0.636. The molecule has 0 aromatic carbocycles. The maximum atomic E-state index is 4.17. The van der Waals surface area contributed by atoms with Crippen LogP contribution in [-0.4, -0.2) is 16.5 Å². The molecule has 76 valence electrons. The van der Waals surface area contributed by atoms with Gasteiger partial charge in [-0.25, -0.2) is 9.97 Å². The van der Waals surface area contributed by atoms with E-state index in [1.165, 1.54) is 19.3 Å². The summed E-state index contributed by atoms with van der Waals surface area (Å²) in [5.74, 6) is 0. The molecule has 1 aliphatic rings. The Morgan fingerprint density at radius 1 is 1.50 bits per heavy atom. The zero-order valence-electron chi connectivity index (χ0n) is 8.66. The second-order valence-electron chi connectivity index (χ2n) is 4.16. The zero-order valence-corrected chi connectivity index (χ0v) is 8.66. The van der Waals surface area contributed by atoms with Crippen LogP contribution in [0.3, 0.4) is 0 Å². The Balaban J connectivity index is 1.73. The molecule has 1 aliphatic carbocycles. The lowest BCUT2D eigenvalue weighted by Crippen LogP contribution is -2.23. The van der Waals surface area contributed by atoms with E-state index in [0.29, 0.717) is 5.41 Å². The van der Waals surface area contributed by atoms with E-state index in [1.807, 2.05) is 6.07 Å². The molecule has 0 bridgehead atoms. The molecule has 0 radical (unpaired) electrons. The van der Waals surface area contributed by atoms with E-state index in [-0.39, 0.29) is 0 Å². The third kappa shape index (κ3) is 2.29. The van der Waals surface area contributed by atoms with Crippen LogP contribution in [0.4, 0.5) is 0 Å². The Kier molecular flexibility index (Phi) is 2.77. The molecule has 0 spiro atoms. The molecule has 1 fully saturated rings. The van der Waals surface area contributed by atoms with Gasteiger partial charge in [-0.05, 0) is 30.7 Å². The van der Waals surface area contributed by atoms with Gasteiger partial charge in [0.25, 0.3) is 0 Å². The van der Waals surface area contributed by atoms with Crippen molar-refractivity contribution in [2.24, 2.45) is 5.41 Å². The van der Waals surface area contributed by atoms with Crippen molar-refractivity contribution in [1.29, 1.82) is 0 Å². The molecule has 0 atom stereocenters. The van der Waals surface area contributed by atoms with Crippen molar-refractivity contribution in [3.63, 3.8) is 0 Å². The van der Waals surface area contributed by atoms with Crippen LogP contribution >= 0.6 is 0 Å². The summed E-state index contributed by atoms with van der Waals surface area (Å²) in [6, 6.07) is 1.96. The second-order valence-corrected chi connectivity index (χ2v) is 4.16. The maximum Gasteiger partial charge on any atom is 0.115 e. The summed E-state index contributed by atoms with van der Waals surface area (Å²) in [5, 5.41) is 3.47. The van der Waals surface area contributed by atoms with Gasteiger partial charge in [0.1, 0.15) is 6.33 Å². The summed E-state index contributed by atoms with van der Waals surface area (Å²) in [6.07, 6.45) is 7.46. The second kappa shape index (κ2) is 4.05. The minimum Gasteiger partial charge on any atom is -0.311 e.